The number of carboxylic acids is 1. The summed E-state index contributed by atoms with van der Waals surface area (Å²) in [5.41, 5.74) is 4.88. The molecule has 0 aliphatic carbocycles. The average molecular weight is 270 g/mol. The van der Waals surface area contributed by atoms with Crippen LogP contribution in [0.25, 0.3) is 0 Å². The van der Waals surface area contributed by atoms with Crippen molar-refractivity contribution >= 4 is 17.9 Å². The van der Waals surface area contributed by atoms with Crippen LogP contribution in [0.1, 0.15) is 12.2 Å². The molecule has 19 heavy (non-hydrogen) atoms. The molecule has 0 fully saturated rings. The van der Waals surface area contributed by atoms with E-state index >= 15 is 0 Å². The normalized spacial score (nSPS) is 11.6. The predicted octanol–water partition coefficient (Wildman–Crippen LogP) is -2.06. The van der Waals surface area contributed by atoms with E-state index < -0.39 is 30.4 Å². The maximum Gasteiger partial charge on any atom is 0.326 e. The molecule has 0 spiro atoms. The summed E-state index contributed by atoms with van der Waals surface area (Å²) in [5, 5.41) is 20.7. The number of amides is 3. The molecule has 1 heterocycles. The third kappa shape index (κ3) is 4.61. The molecular weight excluding hydrogens is 256 g/mol. The van der Waals surface area contributed by atoms with E-state index in [-0.39, 0.29) is 6.54 Å². The predicted molar refractivity (Wildman–Crippen MR) is 61.6 cm³/mol. The standard InChI is InChI=1S/C9H14N6O4/c1-15-4-12-14-7(15)3-11-9(19)13-5(8(17)18)2-6(10)16/h4-5H,2-3H2,1H3,(H2,10,16)(H,17,18)(H2,11,13,19). The fraction of sp³-hybridized carbons (Fsp3) is 0.444. The number of nitrogens with two attached hydrogens (primary N) is 1. The van der Waals surface area contributed by atoms with E-state index in [0.29, 0.717) is 5.82 Å². The molecule has 5 N–H and O–H groups in total. The van der Waals surface area contributed by atoms with Crippen LogP contribution >= 0.6 is 0 Å². The van der Waals surface area contributed by atoms with E-state index in [1.54, 1.807) is 11.6 Å². The second-order valence-corrected chi connectivity index (χ2v) is 3.75. The number of rotatable bonds is 6. The molecule has 0 aliphatic rings. The maximum atomic E-state index is 11.5. The van der Waals surface area contributed by atoms with Crippen molar-refractivity contribution in [3.8, 4) is 0 Å². The minimum Gasteiger partial charge on any atom is -0.480 e. The van der Waals surface area contributed by atoms with Gasteiger partial charge in [-0.05, 0) is 0 Å². The molecule has 1 unspecified atom stereocenters. The number of nitrogens with one attached hydrogen (secondary N) is 2. The summed E-state index contributed by atoms with van der Waals surface area (Å²) in [5.74, 6) is -1.66. The number of primary amides is 1. The molecule has 10 nitrogen and oxygen atoms in total. The lowest BCUT2D eigenvalue weighted by atomic mass is 10.2. The summed E-state index contributed by atoms with van der Waals surface area (Å²) < 4.78 is 1.60. The summed E-state index contributed by atoms with van der Waals surface area (Å²) in [6.07, 6.45) is 0.981. The van der Waals surface area contributed by atoms with Crippen LogP contribution in [0.2, 0.25) is 0 Å². The van der Waals surface area contributed by atoms with Crippen LogP contribution < -0.4 is 16.4 Å². The lowest BCUT2D eigenvalue weighted by Crippen LogP contribution is -2.47. The first-order chi connectivity index (χ1) is 8.90. The van der Waals surface area contributed by atoms with Gasteiger partial charge in [0.05, 0.1) is 13.0 Å². The van der Waals surface area contributed by atoms with Crippen molar-refractivity contribution in [2.24, 2.45) is 12.8 Å². The zero-order valence-corrected chi connectivity index (χ0v) is 10.2. The molecule has 1 atom stereocenters. The van der Waals surface area contributed by atoms with Gasteiger partial charge in [0.25, 0.3) is 0 Å². The van der Waals surface area contributed by atoms with E-state index in [2.05, 4.69) is 20.8 Å². The SMILES string of the molecule is Cn1cnnc1CNC(=O)NC(CC(N)=O)C(=O)O. The van der Waals surface area contributed by atoms with Gasteiger partial charge in [0.1, 0.15) is 12.4 Å². The van der Waals surface area contributed by atoms with Crippen LogP contribution in [0.3, 0.4) is 0 Å². The zero-order chi connectivity index (χ0) is 14.4. The van der Waals surface area contributed by atoms with Crippen LogP contribution in [0.5, 0.6) is 0 Å². The molecule has 0 aliphatic heterocycles. The molecule has 0 bridgehead atoms. The van der Waals surface area contributed by atoms with Gasteiger partial charge in [0.15, 0.2) is 5.82 Å². The molecule has 104 valence electrons. The Morgan fingerprint density at radius 3 is 2.68 bits per heavy atom. The van der Waals surface area contributed by atoms with E-state index in [0.717, 1.165) is 0 Å². The Balaban J connectivity index is 2.47. The largest absolute Gasteiger partial charge is 0.480 e. The van der Waals surface area contributed by atoms with Crippen LogP contribution in [0.15, 0.2) is 6.33 Å². The van der Waals surface area contributed by atoms with Gasteiger partial charge in [-0.3, -0.25) is 4.79 Å². The fourth-order valence-electron chi connectivity index (χ4n) is 1.24. The molecular formula is C9H14N6O4. The molecule has 3 amide bonds. The van der Waals surface area contributed by atoms with Gasteiger partial charge < -0.3 is 26.0 Å². The van der Waals surface area contributed by atoms with Crippen molar-refractivity contribution in [3.05, 3.63) is 12.2 Å². The van der Waals surface area contributed by atoms with Gasteiger partial charge in [-0.2, -0.15) is 0 Å². The molecule has 1 aromatic heterocycles. The minimum atomic E-state index is -1.36. The van der Waals surface area contributed by atoms with Crippen molar-refractivity contribution in [1.82, 2.24) is 25.4 Å². The first-order valence-electron chi connectivity index (χ1n) is 5.28. The minimum absolute atomic E-state index is 0.0746. The molecule has 1 rings (SSSR count). The highest BCUT2D eigenvalue weighted by Gasteiger charge is 2.22. The highest BCUT2D eigenvalue weighted by atomic mass is 16.4. The van der Waals surface area contributed by atoms with Gasteiger partial charge in [-0.25, -0.2) is 9.59 Å². The molecule has 0 saturated carbocycles. The summed E-state index contributed by atoms with van der Waals surface area (Å²) >= 11 is 0. The number of carbonyl (C=O) groups is 3. The summed E-state index contributed by atoms with van der Waals surface area (Å²) in [6.45, 7) is 0.0746. The van der Waals surface area contributed by atoms with Crippen molar-refractivity contribution in [1.29, 1.82) is 0 Å². The van der Waals surface area contributed by atoms with Gasteiger partial charge in [-0.15, -0.1) is 10.2 Å². The Labute approximate surface area is 108 Å². The Kier molecular flexibility index (Phi) is 4.80. The monoisotopic (exact) mass is 270 g/mol. The van der Waals surface area contributed by atoms with Crippen LogP contribution in [0.4, 0.5) is 4.79 Å². The van der Waals surface area contributed by atoms with Gasteiger partial charge in [0.2, 0.25) is 5.91 Å². The highest BCUT2D eigenvalue weighted by molar-refractivity contribution is 5.87. The Bertz CT molecular complexity index is 485. The number of aromatic nitrogens is 3. The summed E-state index contributed by atoms with van der Waals surface area (Å²) in [6, 6.07) is -2.10. The highest BCUT2D eigenvalue weighted by Crippen LogP contribution is 1.93. The second-order valence-electron chi connectivity index (χ2n) is 3.75. The van der Waals surface area contributed by atoms with Crippen molar-refractivity contribution in [2.45, 2.75) is 19.0 Å². The van der Waals surface area contributed by atoms with E-state index in [4.69, 9.17) is 10.8 Å². The first-order valence-corrected chi connectivity index (χ1v) is 5.28. The topological polar surface area (TPSA) is 152 Å². The molecule has 10 heteroatoms. The maximum absolute atomic E-state index is 11.5. The van der Waals surface area contributed by atoms with Crippen molar-refractivity contribution < 1.29 is 19.5 Å². The molecule has 0 aromatic carbocycles. The van der Waals surface area contributed by atoms with Gasteiger partial charge in [-0.1, -0.05) is 0 Å². The number of carbonyl (C=O) groups excluding carboxylic acids is 2. The molecule has 1 aromatic rings. The van der Waals surface area contributed by atoms with Gasteiger partial charge in [0, 0.05) is 7.05 Å². The number of aliphatic carboxylic acids is 1. The number of aryl methyl sites for hydroxylation is 1. The lowest BCUT2D eigenvalue weighted by Gasteiger charge is -2.13. The third-order valence-corrected chi connectivity index (χ3v) is 2.22. The smallest absolute Gasteiger partial charge is 0.326 e. The van der Waals surface area contributed by atoms with E-state index in [1.807, 2.05) is 0 Å². The number of hydrogen-bond acceptors (Lipinski definition) is 5. The number of nitrogens with zero attached hydrogens (tertiary/aromatic N) is 3. The average Bonchev–Trinajstić information content (AvgIpc) is 2.70. The number of hydrogen-bond donors (Lipinski definition) is 4. The van der Waals surface area contributed by atoms with Gasteiger partial charge >= 0.3 is 12.0 Å². The Morgan fingerprint density at radius 1 is 1.53 bits per heavy atom. The Hall–Kier alpha value is -2.65. The number of carboxylic acid groups (broad SMARTS) is 1. The van der Waals surface area contributed by atoms with E-state index in [9.17, 15) is 14.4 Å². The molecule has 0 saturated heterocycles. The lowest BCUT2D eigenvalue weighted by molar-refractivity contribution is -0.140. The summed E-state index contributed by atoms with van der Waals surface area (Å²) in [4.78, 5) is 32.9. The quantitative estimate of drug-likeness (QED) is 0.466. The van der Waals surface area contributed by atoms with Crippen LogP contribution in [-0.4, -0.2) is 43.8 Å². The zero-order valence-electron chi connectivity index (χ0n) is 10.2. The second kappa shape index (κ2) is 6.33. The summed E-state index contributed by atoms with van der Waals surface area (Å²) in [7, 11) is 1.70. The Morgan fingerprint density at radius 2 is 2.21 bits per heavy atom. The van der Waals surface area contributed by atoms with Crippen LogP contribution in [-0.2, 0) is 23.2 Å². The third-order valence-electron chi connectivity index (χ3n) is 2.22. The molecule has 0 radical (unpaired) electrons. The van der Waals surface area contributed by atoms with E-state index in [1.165, 1.54) is 6.33 Å². The van der Waals surface area contributed by atoms with Crippen LogP contribution in [0, 0.1) is 0 Å². The van der Waals surface area contributed by atoms with Crippen molar-refractivity contribution in [2.75, 3.05) is 0 Å². The number of urea groups is 1. The van der Waals surface area contributed by atoms with Crippen molar-refractivity contribution in [3.63, 3.8) is 0 Å². The first kappa shape index (κ1) is 14.4. The fourth-order valence-corrected chi connectivity index (χ4v) is 1.24.